The molecule has 0 spiro atoms. The van der Waals surface area contributed by atoms with Gasteiger partial charge in [-0.3, -0.25) is 4.79 Å². The Hall–Kier alpha value is -2.41. The van der Waals surface area contributed by atoms with Gasteiger partial charge in [0.25, 0.3) is 5.91 Å². The van der Waals surface area contributed by atoms with Crippen LogP contribution in [0.25, 0.3) is 0 Å². The number of nitrogens with one attached hydrogen (secondary N) is 2. The number of quaternary nitrogens is 1. The number of anilines is 1. The topological polar surface area (TPSA) is 75.7 Å². The first kappa shape index (κ1) is 15.5. The van der Waals surface area contributed by atoms with Crippen LogP contribution in [0.1, 0.15) is 18.7 Å². The molecular weight excluding hydrogens is 294 g/mol. The maximum atomic E-state index is 12.2. The molecule has 0 unspecified atom stereocenters. The summed E-state index contributed by atoms with van der Waals surface area (Å²) in [6.45, 7) is 5.94. The Labute approximate surface area is 135 Å². The summed E-state index contributed by atoms with van der Waals surface area (Å²) in [4.78, 5) is 24.1. The second kappa shape index (κ2) is 7.23. The van der Waals surface area contributed by atoms with Crippen molar-refractivity contribution in [2.75, 3.05) is 37.6 Å². The van der Waals surface area contributed by atoms with Crippen LogP contribution in [0.15, 0.2) is 41.3 Å². The van der Waals surface area contributed by atoms with Crippen molar-refractivity contribution < 1.29 is 14.1 Å². The highest BCUT2D eigenvalue weighted by molar-refractivity contribution is 5.77. The molecule has 1 fully saturated rings. The van der Waals surface area contributed by atoms with Gasteiger partial charge in [-0.15, -0.1) is 0 Å². The van der Waals surface area contributed by atoms with Crippen molar-refractivity contribution in [3.8, 4) is 0 Å². The van der Waals surface area contributed by atoms with Crippen LogP contribution in [0.4, 0.5) is 5.95 Å². The fourth-order valence-corrected chi connectivity index (χ4v) is 2.78. The van der Waals surface area contributed by atoms with Crippen molar-refractivity contribution in [3.63, 3.8) is 0 Å². The minimum atomic E-state index is -0.101. The average molecular weight is 316 g/mol. The Bertz CT molecular complexity index is 609. The summed E-state index contributed by atoms with van der Waals surface area (Å²) in [5.74, 6) is 1.59. The average Bonchev–Trinajstić information content (AvgIpc) is 3.11. The predicted molar refractivity (Wildman–Crippen MR) is 85.1 cm³/mol. The van der Waals surface area contributed by atoms with Gasteiger partial charge in [0.2, 0.25) is 5.95 Å². The molecule has 0 radical (unpaired) electrons. The smallest absolute Gasteiger partial charge is 0.275 e. The first-order valence-corrected chi connectivity index (χ1v) is 7.90. The van der Waals surface area contributed by atoms with Gasteiger partial charge in [-0.25, -0.2) is 9.97 Å². The van der Waals surface area contributed by atoms with E-state index in [0.29, 0.717) is 6.54 Å². The predicted octanol–water partition coefficient (Wildman–Crippen LogP) is -0.348. The molecule has 3 rings (SSSR count). The van der Waals surface area contributed by atoms with E-state index in [0.717, 1.165) is 37.9 Å². The summed E-state index contributed by atoms with van der Waals surface area (Å²) in [6, 6.07) is 5.41. The number of amides is 1. The number of rotatable bonds is 5. The number of aromatic nitrogens is 2. The zero-order chi connectivity index (χ0) is 16.1. The molecule has 2 N–H and O–H groups in total. The molecule has 7 heteroatoms. The first-order chi connectivity index (χ1) is 11.2. The highest BCUT2D eigenvalue weighted by atomic mass is 16.3. The summed E-state index contributed by atoms with van der Waals surface area (Å²) in [5, 5.41) is 2.98. The molecule has 2 aromatic rings. The van der Waals surface area contributed by atoms with Crippen molar-refractivity contribution in [1.82, 2.24) is 15.3 Å². The number of nitrogens with zero attached hydrogens (tertiary/aromatic N) is 3. The van der Waals surface area contributed by atoms with Gasteiger partial charge < -0.3 is 19.5 Å². The van der Waals surface area contributed by atoms with E-state index in [1.54, 1.807) is 18.7 Å². The number of piperazine rings is 1. The van der Waals surface area contributed by atoms with E-state index in [1.165, 1.54) is 4.90 Å². The molecule has 1 amide bonds. The van der Waals surface area contributed by atoms with Gasteiger partial charge >= 0.3 is 0 Å². The van der Waals surface area contributed by atoms with E-state index in [2.05, 4.69) is 20.2 Å². The van der Waals surface area contributed by atoms with Crippen molar-refractivity contribution in [2.45, 2.75) is 13.0 Å². The van der Waals surface area contributed by atoms with E-state index in [4.69, 9.17) is 4.42 Å². The number of hydrogen-bond acceptors (Lipinski definition) is 5. The fraction of sp³-hybridized carbons (Fsp3) is 0.438. The summed E-state index contributed by atoms with van der Waals surface area (Å²) < 4.78 is 5.31. The van der Waals surface area contributed by atoms with Gasteiger partial charge in [0.1, 0.15) is 5.76 Å². The van der Waals surface area contributed by atoms with Gasteiger partial charge in [0, 0.05) is 12.4 Å². The Morgan fingerprint density at radius 1 is 1.35 bits per heavy atom. The standard InChI is InChI=1S/C16H21N5O2/c1-13(14-4-2-11-23-14)19-15(22)12-20-7-9-21(10-8-20)16-17-5-3-6-18-16/h2-6,11,13H,7-10,12H2,1H3,(H,19,22)/p+1/t13-/m1/s1. The molecule has 1 saturated heterocycles. The van der Waals surface area contributed by atoms with Gasteiger partial charge in [0.05, 0.1) is 38.5 Å². The summed E-state index contributed by atoms with van der Waals surface area (Å²) in [5.41, 5.74) is 0. The van der Waals surface area contributed by atoms with Gasteiger partial charge in [0.15, 0.2) is 6.54 Å². The third-order valence-electron chi connectivity index (χ3n) is 4.06. The lowest BCUT2D eigenvalue weighted by atomic mass is 10.2. The number of furan rings is 1. The van der Waals surface area contributed by atoms with Crippen molar-refractivity contribution in [3.05, 3.63) is 42.6 Å². The highest BCUT2D eigenvalue weighted by Crippen LogP contribution is 2.11. The van der Waals surface area contributed by atoms with Crippen LogP contribution in [-0.2, 0) is 4.79 Å². The number of hydrogen-bond donors (Lipinski definition) is 2. The maximum Gasteiger partial charge on any atom is 0.275 e. The van der Waals surface area contributed by atoms with E-state index < -0.39 is 0 Å². The van der Waals surface area contributed by atoms with Crippen LogP contribution in [0.5, 0.6) is 0 Å². The Morgan fingerprint density at radius 2 is 2.09 bits per heavy atom. The van der Waals surface area contributed by atoms with Gasteiger partial charge in [-0.1, -0.05) is 0 Å². The summed E-state index contributed by atoms with van der Waals surface area (Å²) >= 11 is 0. The maximum absolute atomic E-state index is 12.2. The minimum absolute atomic E-state index is 0.0494. The summed E-state index contributed by atoms with van der Waals surface area (Å²) in [6.07, 6.45) is 5.13. The second-order valence-corrected chi connectivity index (χ2v) is 5.77. The quantitative estimate of drug-likeness (QED) is 0.789. The monoisotopic (exact) mass is 316 g/mol. The molecule has 1 atom stereocenters. The van der Waals surface area contributed by atoms with Gasteiger partial charge in [-0.2, -0.15) is 0 Å². The van der Waals surface area contributed by atoms with Crippen LogP contribution < -0.4 is 15.1 Å². The molecule has 23 heavy (non-hydrogen) atoms. The first-order valence-electron chi connectivity index (χ1n) is 7.90. The van der Waals surface area contributed by atoms with Crippen molar-refractivity contribution in [2.24, 2.45) is 0 Å². The lowest BCUT2D eigenvalue weighted by molar-refractivity contribution is -0.892. The van der Waals surface area contributed by atoms with E-state index in [9.17, 15) is 4.79 Å². The zero-order valence-corrected chi connectivity index (χ0v) is 13.2. The fourth-order valence-electron chi connectivity index (χ4n) is 2.78. The third-order valence-corrected chi connectivity index (χ3v) is 4.06. The molecule has 122 valence electrons. The van der Waals surface area contributed by atoms with Crippen LogP contribution in [0.3, 0.4) is 0 Å². The number of carbonyl (C=O) groups is 1. The Morgan fingerprint density at radius 3 is 2.74 bits per heavy atom. The molecule has 0 bridgehead atoms. The second-order valence-electron chi connectivity index (χ2n) is 5.77. The molecular formula is C16H22N5O2+. The largest absolute Gasteiger partial charge is 0.467 e. The van der Waals surface area contributed by atoms with E-state index in [1.807, 2.05) is 25.1 Å². The molecule has 2 aromatic heterocycles. The van der Waals surface area contributed by atoms with Crippen LogP contribution in [0, 0.1) is 0 Å². The highest BCUT2D eigenvalue weighted by Gasteiger charge is 2.24. The Balaban J connectivity index is 1.44. The normalized spacial score (nSPS) is 17.0. The number of carbonyl (C=O) groups excluding carboxylic acids is 1. The molecule has 7 nitrogen and oxygen atoms in total. The third kappa shape index (κ3) is 4.07. The van der Waals surface area contributed by atoms with Crippen LogP contribution in [0.2, 0.25) is 0 Å². The Kier molecular flexibility index (Phi) is 4.87. The molecule has 0 saturated carbocycles. The van der Waals surface area contributed by atoms with Crippen molar-refractivity contribution in [1.29, 1.82) is 0 Å². The van der Waals surface area contributed by atoms with E-state index in [-0.39, 0.29) is 11.9 Å². The lowest BCUT2D eigenvalue weighted by Crippen LogP contribution is -3.16. The SMILES string of the molecule is C[C@@H](NC(=O)C[NH+]1CCN(c2ncccn2)CC1)c1ccco1. The molecule has 0 aliphatic carbocycles. The molecule has 1 aliphatic heterocycles. The molecule has 1 aliphatic rings. The lowest BCUT2D eigenvalue weighted by Gasteiger charge is -2.31. The molecule has 0 aromatic carbocycles. The summed E-state index contributed by atoms with van der Waals surface area (Å²) in [7, 11) is 0. The molecule has 3 heterocycles. The van der Waals surface area contributed by atoms with Gasteiger partial charge in [-0.05, 0) is 25.1 Å². The zero-order valence-electron chi connectivity index (χ0n) is 13.2. The minimum Gasteiger partial charge on any atom is -0.467 e. The van der Waals surface area contributed by atoms with Crippen molar-refractivity contribution >= 4 is 11.9 Å². The van der Waals surface area contributed by atoms with E-state index >= 15 is 0 Å². The van der Waals surface area contributed by atoms with Crippen LogP contribution >= 0.6 is 0 Å². The van der Waals surface area contributed by atoms with Crippen LogP contribution in [-0.4, -0.2) is 48.6 Å².